The number of nitrogens with one attached hydrogen (secondary N) is 2. The molecule has 144 valence electrons. The van der Waals surface area contributed by atoms with Crippen LogP contribution in [0.4, 0.5) is 11.8 Å². The molecule has 2 aliphatic rings. The lowest BCUT2D eigenvalue weighted by molar-refractivity contribution is -0.121. The van der Waals surface area contributed by atoms with E-state index in [0.717, 1.165) is 31.2 Å². The molecular weight excluding hydrogens is 326 g/mol. The van der Waals surface area contributed by atoms with Crippen molar-refractivity contribution in [1.29, 1.82) is 0 Å². The second kappa shape index (κ2) is 10.3. The molecule has 6 nitrogen and oxygen atoms in total. The predicted octanol–water partition coefficient (Wildman–Crippen LogP) is 3.36. The molecule has 0 spiro atoms. The van der Waals surface area contributed by atoms with E-state index in [-0.39, 0.29) is 5.91 Å². The molecule has 1 amide bonds. The van der Waals surface area contributed by atoms with Gasteiger partial charge in [-0.3, -0.25) is 4.79 Å². The minimum absolute atomic E-state index is 0.165. The van der Waals surface area contributed by atoms with E-state index in [1.165, 1.54) is 51.4 Å². The Kier molecular flexibility index (Phi) is 7.52. The first-order chi connectivity index (χ1) is 12.8. The molecule has 1 aliphatic heterocycles. The first-order valence-electron chi connectivity index (χ1n) is 10.4. The summed E-state index contributed by atoms with van der Waals surface area (Å²) in [4.78, 5) is 23.2. The first kappa shape index (κ1) is 18.9. The van der Waals surface area contributed by atoms with Crippen molar-refractivity contribution >= 4 is 17.7 Å². The van der Waals surface area contributed by atoms with E-state index in [2.05, 4.69) is 25.5 Å². The first-order valence-corrected chi connectivity index (χ1v) is 10.4. The molecule has 2 N–H and O–H groups in total. The topological polar surface area (TPSA) is 70.2 Å². The van der Waals surface area contributed by atoms with Crippen LogP contribution in [0.15, 0.2) is 12.3 Å². The maximum atomic E-state index is 11.9. The average Bonchev–Trinajstić information content (AvgIpc) is 3.04. The second-order valence-corrected chi connectivity index (χ2v) is 7.61. The molecule has 0 aromatic carbocycles. The molecule has 0 bridgehead atoms. The van der Waals surface area contributed by atoms with Crippen molar-refractivity contribution in [3.8, 4) is 0 Å². The highest BCUT2D eigenvalue weighted by Crippen LogP contribution is 2.28. The highest BCUT2D eigenvalue weighted by molar-refractivity contribution is 5.75. The van der Waals surface area contributed by atoms with Gasteiger partial charge < -0.3 is 15.5 Å². The van der Waals surface area contributed by atoms with E-state index >= 15 is 0 Å². The Morgan fingerprint density at radius 3 is 2.62 bits per heavy atom. The number of hydrogen-bond acceptors (Lipinski definition) is 5. The zero-order valence-corrected chi connectivity index (χ0v) is 15.9. The summed E-state index contributed by atoms with van der Waals surface area (Å²) in [6.45, 7) is 3.42. The molecule has 2 fully saturated rings. The van der Waals surface area contributed by atoms with Gasteiger partial charge in [0.1, 0.15) is 5.82 Å². The molecule has 3 rings (SSSR count). The summed E-state index contributed by atoms with van der Waals surface area (Å²) < 4.78 is 0. The van der Waals surface area contributed by atoms with Crippen molar-refractivity contribution in [3.63, 3.8) is 0 Å². The maximum Gasteiger partial charge on any atom is 0.224 e. The van der Waals surface area contributed by atoms with Gasteiger partial charge in [-0.15, -0.1) is 0 Å². The lowest BCUT2D eigenvalue weighted by Crippen LogP contribution is -2.29. The molecule has 1 aromatic heterocycles. The van der Waals surface area contributed by atoms with Crippen molar-refractivity contribution in [2.45, 2.75) is 64.2 Å². The summed E-state index contributed by atoms with van der Waals surface area (Å²) >= 11 is 0. The number of rotatable bonds is 8. The summed E-state index contributed by atoms with van der Waals surface area (Å²) in [5.74, 6) is 2.59. The Morgan fingerprint density at radius 2 is 1.85 bits per heavy atom. The Labute approximate surface area is 157 Å². The Balaban J connectivity index is 1.35. The number of hydrogen-bond donors (Lipinski definition) is 2. The summed E-state index contributed by atoms with van der Waals surface area (Å²) in [7, 11) is 0. The number of nitrogens with zero attached hydrogens (tertiary/aromatic N) is 3. The van der Waals surface area contributed by atoms with Crippen LogP contribution in [0.25, 0.3) is 0 Å². The van der Waals surface area contributed by atoms with E-state index in [9.17, 15) is 4.79 Å². The standard InChI is InChI=1S/C20H33N5O/c26-19(10-9-17-7-3-4-8-17)21-13-14-23-20-22-12-11-18(24-20)25-15-5-1-2-6-16-25/h11-12,17H,1-10,13-16H2,(H,21,26)(H,22,23,24). The van der Waals surface area contributed by atoms with Crippen LogP contribution in [0.1, 0.15) is 64.2 Å². The van der Waals surface area contributed by atoms with Gasteiger partial charge in [0.2, 0.25) is 11.9 Å². The van der Waals surface area contributed by atoms with Crippen LogP contribution < -0.4 is 15.5 Å². The number of carbonyl (C=O) groups is 1. The third-order valence-corrected chi connectivity index (χ3v) is 5.56. The molecule has 0 radical (unpaired) electrons. The van der Waals surface area contributed by atoms with Gasteiger partial charge in [-0.25, -0.2) is 4.98 Å². The van der Waals surface area contributed by atoms with Gasteiger partial charge in [0.05, 0.1) is 0 Å². The van der Waals surface area contributed by atoms with Crippen LogP contribution in [0.3, 0.4) is 0 Å². The molecule has 1 aromatic rings. The fraction of sp³-hybridized carbons (Fsp3) is 0.750. The Morgan fingerprint density at radius 1 is 1.08 bits per heavy atom. The number of anilines is 2. The van der Waals surface area contributed by atoms with Gasteiger partial charge in [-0.05, 0) is 31.2 Å². The zero-order chi connectivity index (χ0) is 18.0. The van der Waals surface area contributed by atoms with Crippen molar-refractivity contribution in [1.82, 2.24) is 15.3 Å². The van der Waals surface area contributed by atoms with E-state index < -0.39 is 0 Å². The molecule has 1 aliphatic carbocycles. The van der Waals surface area contributed by atoms with Gasteiger partial charge in [0.25, 0.3) is 0 Å². The van der Waals surface area contributed by atoms with E-state index in [4.69, 9.17) is 0 Å². The van der Waals surface area contributed by atoms with Crippen LogP contribution in [0.2, 0.25) is 0 Å². The highest BCUT2D eigenvalue weighted by Gasteiger charge is 2.16. The largest absolute Gasteiger partial charge is 0.356 e. The zero-order valence-electron chi connectivity index (χ0n) is 15.9. The third-order valence-electron chi connectivity index (χ3n) is 5.56. The van der Waals surface area contributed by atoms with Crippen LogP contribution >= 0.6 is 0 Å². The van der Waals surface area contributed by atoms with Crippen LogP contribution in [-0.4, -0.2) is 42.1 Å². The van der Waals surface area contributed by atoms with Gasteiger partial charge in [0, 0.05) is 38.8 Å². The average molecular weight is 360 g/mol. The maximum absolute atomic E-state index is 11.9. The van der Waals surface area contributed by atoms with Crippen LogP contribution in [-0.2, 0) is 4.79 Å². The van der Waals surface area contributed by atoms with Crippen LogP contribution in [0, 0.1) is 5.92 Å². The lowest BCUT2D eigenvalue weighted by Gasteiger charge is -2.21. The van der Waals surface area contributed by atoms with Crippen molar-refractivity contribution in [2.75, 3.05) is 36.4 Å². The lowest BCUT2D eigenvalue weighted by atomic mass is 10.0. The molecule has 0 unspecified atom stereocenters. The van der Waals surface area contributed by atoms with Gasteiger partial charge in [-0.1, -0.05) is 38.5 Å². The van der Waals surface area contributed by atoms with Crippen molar-refractivity contribution in [3.05, 3.63) is 12.3 Å². The van der Waals surface area contributed by atoms with Crippen LogP contribution in [0.5, 0.6) is 0 Å². The molecule has 0 atom stereocenters. The normalized spacial score (nSPS) is 18.5. The quantitative estimate of drug-likeness (QED) is 0.697. The van der Waals surface area contributed by atoms with E-state index in [0.29, 0.717) is 25.5 Å². The SMILES string of the molecule is O=C(CCC1CCCC1)NCCNc1nccc(N2CCCCCC2)n1. The Bertz CT molecular complexity index is 551. The fourth-order valence-electron chi connectivity index (χ4n) is 4.01. The Hall–Kier alpha value is -1.85. The highest BCUT2D eigenvalue weighted by atomic mass is 16.1. The summed E-state index contributed by atoms with van der Waals surface area (Å²) in [6.07, 6.45) is 13.9. The molecule has 26 heavy (non-hydrogen) atoms. The number of aromatic nitrogens is 2. The summed E-state index contributed by atoms with van der Waals surface area (Å²) in [5, 5.41) is 6.22. The fourth-order valence-corrected chi connectivity index (χ4v) is 4.01. The molecular formula is C20H33N5O. The third kappa shape index (κ3) is 6.15. The smallest absolute Gasteiger partial charge is 0.224 e. The molecule has 6 heteroatoms. The molecule has 1 saturated heterocycles. The number of carbonyl (C=O) groups excluding carboxylic acids is 1. The van der Waals surface area contributed by atoms with Crippen molar-refractivity contribution < 1.29 is 4.79 Å². The summed E-state index contributed by atoms with van der Waals surface area (Å²) in [6, 6.07) is 1.99. The minimum atomic E-state index is 0.165. The van der Waals surface area contributed by atoms with Gasteiger partial charge in [-0.2, -0.15) is 4.98 Å². The molecule has 2 heterocycles. The predicted molar refractivity (Wildman–Crippen MR) is 105 cm³/mol. The van der Waals surface area contributed by atoms with Gasteiger partial charge in [0.15, 0.2) is 0 Å². The monoisotopic (exact) mass is 359 g/mol. The number of amides is 1. The van der Waals surface area contributed by atoms with Gasteiger partial charge >= 0.3 is 0 Å². The van der Waals surface area contributed by atoms with Crippen molar-refractivity contribution in [2.24, 2.45) is 5.92 Å². The molecule has 1 saturated carbocycles. The van der Waals surface area contributed by atoms with E-state index in [1.54, 1.807) is 0 Å². The minimum Gasteiger partial charge on any atom is -0.356 e. The summed E-state index contributed by atoms with van der Waals surface area (Å²) in [5.41, 5.74) is 0. The second-order valence-electron chi connectivity index (χ2n) is 7.61. The van der Waals surface area contributed by atoms with E-state index in [1.807, 2.05) is 12.3 Å².